The zero-order chi connectivity index (χ0) is 17.5. The molecule has 1 fully saturated rings. The lowest BCUT2D eigenvalue weighted by Gasteiger charge is -2.33. The van der Waals surface area contributed by atoms with Gasteiger partial charge in [-0.1, -0.05) is 29.8 Å². The lowest BCUT2D eigenvalue weighted by atomic mass is 10.1. The largest absolute Gasteiger partial charge is 0.355 e. The number of benzene rings is 1. The van der Waals surface area contributed by atoms with Crippen molar-refractivity contribution in [2.45, 2.75) is 19.0 Å². The number of hydrogen-bond donors (Lipinski definition) is 2. The zero-order valence-corrected chi connectivity index (χ0v) is 15.0. The van der Waals surface area contributed by atoms with E-state index in [1.807, 2.05) is 43.3 Å². The third-order valence-electron chi connectivity index (χ3n) is 3.97. The maximum atomic E-state index is 12.6. The molecule has 1 atom stereocenters. The van der Waals surface area contributed by atoms with Gasteiger partial charge in [0.05, 0.1) is 12.5 Å². The van der Waals surface area contributed by atoms with Crippen molar-refractivity contribution in [3.63, 3.8) is 0 Å². The summed E-state index contributed by atoms with van der Waals surface area (Å²) in [5, 5.41) is 6.63. The number of rotatable bonds is 7. The monoisotopic (exact) mass is 352 g/mol. The SMILES string of the molecule is CN(C)CCNC(=O)CC1NCCN(Cc2ccccc2Cl)C1=O. The lowest BCUT2D eigenvalue weighted by Crippen LogP contribution is -2.56. The van der Waals surface area contributed by atoms with E-state index < -0.39 is 6.04 Å². The first kappa shape index (κ1) is 18.7. The van der Waals surface area contributed by atoms with E-state index in [9.17, 15) is 9.59 Å². The Kier molecular flexibility index (Phi) is 7.02. The molecule has 24 heavy (non-hydrogen) atoms. The molecule has 7 heteroatoms. The van der Waals surface area contributed by atoms with Crippen molar-refractivity contribution in [1.82, 2.24) is 20.4 Å². The second-order valence-corrected chi connectivity index (χ2v) is 6.62. The fraction of sp³-hybridized carbons (Fsp3) is 0.529. The van der Waals surface area contributed by atoms with E-state index >= 15 is 0 Å². The first-order valence-electron chi connectivity index (χ1n) is 8.14. The molecular formula is C17H25ClN4O2. The van der Waals surface area contributed by atoms with E-state index in [4.69, 9.17) is 11.6 Å². The molecule has 1 heterocycles. The van der Waals surface area contributed by atoms with Crippen LogP contribution in [0.5, 0.6) is 0 Å². The number of likely N-dealkylation sites (N-methyl/N-ethyl adjacent to an activating group) is 1. The molecule has 1 unspecified atom stereocenters. The third-order valence-corrected chi connectivity index (χ3v) is 4.34. The first-order valence-corrected chi connectivity index (χ1v) is 8.52. The average Bonchev–Trinajstić information content (AvgIpc) is 2.53. The molecule has 2 rings (SSSR count). The summed E-state index contributed by atoms with van der Waals surface area (Å²) in [6, 6.07) is 7.04. The molecule has 1 aromatic carbocycles. The summed E-state index contributed by atoms with van der Waals surface area (Å²) in [5.41, 5.74) is 0.920. The van der Waals surface area contributed by atoms with E-state index in [-0.39, 0.29) is 18.2 Å². The fourth-order valence-electron chi connectivity index (χ4n) is 2.62. The van der Waals surface area contributed by atoms with Crippen LogP contribution in [-0.2, 0) is 16.1 Å². The Morgan fingerprint density at radius 2 is 2.17 bits per heavy atom. The standard InChI is InChI=1S/C17H25ClN4O2/c1-21(2)9-7-20-16(23)11-15-17(24)22(10-8-19-15)12-13-5-3-4-6-14(13)18/h3-6,15,19H,7-12H2,1-2H3,(H,20,23). The Bertz CT molecular complexity index is 579. The van der Waals surface area contributed by atoms with Crippen LogP contribution >= 0.6 is 11.6 Å². The van der Waals surface area contributed by atoms with E-state index in [2.05, 4.69) is 10.6 Å². The minimum absolute atomic E-state index is 0.0519. The van der Waals surface area contributed by atoms with E-state index in [0.29, 0.717) is 31.2 Å². The Labute approximate surface area is 148 Å². The van der Waals surface area contributed by atoms with Gasteiger partial charge >= 0.3 is 0 Å². The third kappa shape index (κ3) is 5.47. The van der Waals surface area contributed by atoms with Gasteiger partial charge in [-0.25, -0.2) is 0 Å². The summed E-state index contributed by atoms with van der Waals surface area (Å²) in [4.78, 5) is 28.3. The minimum atomic E-state index is -0.472. The number of carbonyl (C=O) groups excluding carboxylic acids is 2. The molecule has 2 N–H and O–H groups in total. The number of carbonyl (C=O) groups is 2. The van der Waals surface area contributed by atoms with Gasteiger partial charge < -0.3 is 20.4 Å². The summed E-state index contributed by atoms with van der Waals surface area (Å²) in [6.45, 7) is 3.11. The highest BCUT2D eigenvalue weighted by Crippen LogP contribution is 2.18. The number of nitrogens with one attached hydrogen (secondary N) is 2. The van der Waals surface area contributed by atoms with Crippen LogP contribution in [0.2, 0.25) is 5.02 Å². The van der Waals surface area contributed by atoms with Crippen LogP contribution in [0, 0.1) is 0 Å². The van der Waals surface area contributed by atoms with Gasteiger partial charge in [0.15, 0.2) is 0 Å². The van der Waals surface area contributed by atoms with Crippen LogP contribution in [0.1, 0.15) is 12.0 Å². The normalized spacial score (nSPS) is 18.1. The highest BCUT2D eigenvalue weighted by Gasteiger charge is 2.30. The van der Waals surface area contributed by atoms with E-state index in [0.717, 1.165) is 12.1 Å². The van der Waals surface area contributed by atoms with Gasteiger partial charge in [0, 0.05) is 37.7 Å². The van der Waals surface area contributed by atoms with E-state index in [1.54, 1.807) is 4.90 Å². The van der Waals surface area contributed by atoms with Gasteiger partial charge in [0.1, 0.15) is 0 Å². The number of nitrogens with zero attached hydrogens (tertiary/aromatic N) is 2. The summed E-state index contributed by atoms with van der Waals surface area (Å²) < 4.78 is 0. The topological polar surface area (TPSA) is 64.7 Å². The zero-order valence-electron chi connectivity index (χ0n) is 14.2. The maximum absolute atomic E-state index is 12.6. The quantitative estimate of drug-likeness (QED) is 0.758. The fourth-order valence-corrected chi connectivity index (χ4v) is 2.81. The van der Waals surface area contributed by atoms with Gasteiger partial charge in [-0.05, 0) is 25.7 Å². The molecule has 1 aromatic rings. The molecule has 0 aromatic heterocycles. The molecule has 0 aliphatic carbocycles. The van der Waals surface area contributed by atoms with Crippen LogP contribution in [-0.4, -0.2) is 67.9 Å². The summed E-state index contributed by atoms with van der Waals surface area (Å²) in [5.74, 6) is -0.161. The smallest absolute Gasteiger partial charge is 0.240 e. The van der Waals surface area contributed by atoms with Crippen molar-refractivity contribution >= 4 is 23.4 Å². The molecule has 0 saturated carbocycles. The van der Waals surface area contributed by atoms with Gasteiger partial charge in [0.25, 0.3) is 0 Å². The number of halogens is 1. The molecular weight excluding hydrogens is 328 g/mol. The van der Waals surface area contributed by atoms with Crippen molar-refractivity contribution in [3.8, 4) is 0 Å². The van der Waals surface area contributed by atoms with Gasteiger partial charge in [0.2, 0.25) is 11.8 Å². The molecule has 1 saturated heterocycles. The minimum Gasteiger partial charge on any atom is -0.355 e. The van der Waals surface area contributed by atoms with Crippen molar-refractivity contribution in [2.75, 3.05) is 40.3 Å². The van der Waals surface area contributed by atoms with Crippen LogP contribution in [0.3, 0.4) is 0 Å². The van der Waals surface area contributed by atoms with Crippen molar-refractivity contribution in [2.24, 2.45) is 0 Å². The van der Waals surface area contributed by atoms with Crippen LogP contribution in [0.15, 0.2) is 24.3 Å². The molecule has 2 amide bonds. The molecule has 6 nitrogen and oxygen atoms in total. The molecule has 132 valence electrons. The first-order chi connectivity index (χ1) is 11.5. The van der Waals surface area contributed by atoms with Crippen LogP contribution in [0.4, 0.5) is 0 Å². The van der Waals surface area contributed by atoms with E-state index in [1.165, 1.54) is 0 Å². The van der Waals surface area contributed by atoms with Crippen LogP contribution in [0.25, 0.3) is 0 Å². The van der Waals surface area contributed by atoms with Crippen molar-refractivity contribution < 1.29 is 9.59 Å². The second kappa shape index (κ2) is 9.01. The Morgan fingerprint density at radius 3 is 2.88 bits per heavy atom. The van der Waals surface area contributed by atoms with Gasteiger partial charge in [-0.2, -0.15) is 0 Å². The van der Waals surface area contributed by atoms with Crippen LogP contribution < -0.4 is 10.6 Å². The Morgan fingerprint density at radius 1 is 1.42 bits per heavy atom. The maximum Gasteiger partial charge on any atom is 0.240 e. The lowest BCUT2D eigenvalue weighted by molar-refractivity contribution is -0.138. The molecule has 1 aliphatic rings. The summed E-state index contributed by atoms with van der Waals surface area (Å²) >= 11 is 6.17. The predicted molar refractivity (Wildman–Crippen MR) is 94.8 cm³/mol. The molecule has 0 radical (unpaired) electrons. The number of piperazine rings is 1. The molecule has 0 bridgehead atoms. The number of hydrogen-bond acceptors (Lipinski definition) is 4. The highest BCUT2D eigenvalue weighted by atomic mass is 35.5. The second-order valence-electron chi connectivity index (χ2n) is 6.22. The summed E-state index contributed by atoms with van der Waals surface area (Å²) in [6.07, 6.45) is 0.158. The van der Waals surface area contributed by atoms with Crippen molar-refractivity contribution in [3.05, 3.63) is 34.9 Å². The Hall–Kier alpha value is -1.63. The summed E-state index contributed by atoms with van der Waals surface area (Å²) in [7, 11) is 3.90. The molecule has 0 spiro atoms. The Balaban J connectivity index is 1.88. The van der Waals surface area contributed by atoms with Crippen molar-refractivity contribution in [1.29, 1.82) is 0 Å². The molecule has 1 aliphatic heterocycles. The van der Waals surface area contributed by atoms with Gasteiger partial charge in [-0.15, -0.1) is 0 Å². The average molecular weight is 353 g/mol. The number of amides is 2. The predicted octanol–water partition coefficient (Wildman–Crippen LogP) is 0.708. The van der Waals surface area contributed by atoms with Gasteiger partial charge in [-0.3, -0.25) is 9.59 Å². The highest BCUT2D eigenvalue weighted by molar-refractivity contribution is 6.31.